The molecule has 0 bridgehead atoms. The van der Waals surface area contributed by atoms with Crippen LogP contribution in [0.4, 0.5) is 5.69 Å². The highest BCUT2D eigenvalue weighted by atomic mass is 32.2. The fraction of sp³-hybridized carbons (Fsp3) is 0.375. The standard InChI is InChI=1S/C8H11N3O3S/c9-7-3-6(14-5-1-2-5)4-11-8(7)15(10,12)13/h3-5H,1-2,9H2,(H2,10,12,13). The van der Waals surface area contributed by atoms with Gasteiger partial charge in [0.2, 0.25) is 0 Å². The number of rotatable bonds is 3. The van der Waals surface area contributed by atoms with Gasteiger partial charge in [0.15, 0.2) is 5.03 Å². The van der Waals surface area contributed by atoms with E-state index >= 15 is 0 Å². The molecule has 0 aliphatic heterocycles. The minimum Gasteiger partial charge on any atom is -0.489 e. The largest absolute Gasteiger partial charge is 0.489 e. The molecule has 0 amide bonds. The molecular weight excluding hydrogens is 218 g/mol. The third kappa shape index (κ3) is 2.37. The summed E-state index contributed by atoms with van der Waals surface area (Å²) < 4.78 is 27.4. The highest BCUT2D eigenvalue weighted by molar-refractivity contribution is 7.89. The highest BCUT2D eigenvalue weighted by Crippen LogP contribution is 2.28. The number of hydrogen-bond acceptors (Lipinski definition) is 5. The summed E-state index contributed by atoms with van der Waals surface area (Å²) in [6, 6.07) is 1.42. The lowest BCUT2D eigenvalue weighted by Crippen LogP contribution is -2.16. The predicted molar refractivity (Wildman–Crippen MR) is 53.7 cm³/mol. The van der Waals surface area contributed by atoms with Crippen LogP contribution in [0.15, 0.2) is 17.3 Å². The van der Waals surface area contributed by atoms with Gasteiger partial charge in [0.1, 0.15) is 5.75 Å². The molecule has 2 rings (SSSR count). The van der Waals surface area contributed by atoms with Gasteiger partial charge in [-0.1, -0.05) is 0 Å². The summed E-state index contributed by atoms with van der Waals surface area (Å²) in [7, 11) is -3.85. The lowest BCUT2D eigenvalue weighted by atomic mass is 10.4. The molecule has 0 unspecified atom stereocenters. The van der Waals surface area contributed by atoms with Gasteiger partial charge in [0, 0.05) is 6.07 Å². The number of sulfonamides is 1. The average Bonchev–Trinajstić information content (AvgIpc) is 2.85. The predicted octanol–water partition coefficient (Wildman–Crippen LogP) is -0.148. The van der Waals surface area contributed by atoms with Crippen LogP contribution in [-0.2, 0) is 10.0 Å². The molecule has 1 heterocycles. The number of nitrogens with zero attached hydrogens (tertiary/aromatic N) is 1. The molecule has 0 atom stereocenters. The van der Waals surface area contributed by atoms with Crippen molar-refractivity contribution in [1.82, 2.24) is 4.98 Å². The van der Waals surface area contributed by atoms with Crippen LogP contribution in [0.25, 0.3) is 0 Å². The van der Waals surface area contributed by atoms with Crippen molar-refractivity contribution in [2.45, 2.75) is 24.0 Å². The second kappa shape index (κ2) is 3.35. The minimum absolute atomic E-state index is 0.00986. The molecule has 7 heteroatoms. The van der Waals surface area contributed by atoms with Crippen molar-refractivity contribution in [3.05, 3.63) is 12.3 Å². The van der Waals surface area contributed by atoms with Crippen LogP contribution >= 0.6 is 0 Å². The Kier molecular flexibility index (Phi) is 2.28. The van der Waals surface area contributed by atoms with Gasteiger partial charge in [-0.15, -0.1) is 0 Å². The van der Waals surface area contributed by atoms with Gasteiger partial charge in [-0.05, 0) is 12.8 Å². The van der Waals surface area contributed by atoms with E-state index in [0.717, 1.165) is 12.8 Å². The van der Waals surface area contributed by atoms with E-state index in [9.17, 15) is 8.42 Å². The molecule has 1 saturated carbocycles. The molecule has 0 aromatic carbocycles. The molecule has 1 aliphatic carbocycles. The normalized spacial score (nSPS) is 16.3. The molecule has 0 spiro atoms. The number of ether oxygens (including phenoxy) is 1. The van der Waals surface area contributed by atoms with Crippen LogP contribution < -0.4 is 15.6 Å². The van der Waals surface area contributed by atoms with Crippen LogP contribution in [-0.4, -0.2) is 19.5 Å². The zero-order valence-electron chi connectivity index (χ0n) is 7.88. The fourth-order valence-electron chi connectivity index (χ4n) is 1.13. The van der Waals surface area contributed by atoms with Crippen LogP contribution in [0.2, 0.25) is 0 Å². The molecule has 1 fully saturated rings. The quantitative estimate of drug-likeness (QED) is 0.749. The van der Waals surface area contributed by atoms with Crippen molar-refractivity contribution in [3.8, 4) is 5.75 Å². The van der Waals surface area contributed by atoms with E-state index in [-0.39, 0.29) is 16.8 Å². The number of anilines is 1. The summed E-state index contributed by atoms with van der Waals surface area (Å²) in [6.07, 6.45) is 3.55. The van der Waals surface area contributed by atoms with Crippen molar-refractivity contribution >= 4 is 15.7 Å². The van der Waals surface area contributed by atoms with Gasteiger partial charge in [-0.2, -0.15) is 0 Å². The fourth-order valence-corrected chi connectivity index (χ4v) is 1.72. The van der Waals surface area contributed by atoms with Gasteiger partial charge >= 0.3 is 0 Å². The third-order valence-corrected chi connectivity index (χ3v) is 2.83. The number of pyridine rings is 1. The van der Waals surface area contributed by atoms with E-state index < -0.39 is 10.0 Å². The van der Waals surface area contributed by atoms with Gasteiger partial charge in [0.25, 0.3) is 10.0 Å². The Morgan fingerprint density at radius 2 is 2.13 bits per heavy atom. The Bertz CT molecular complexity index is 482. The zero-order chi connectivity index (χ0) is 11.1. The molecule has 0 saturated heterocycles. The molecule has 82 valence electrons. The highest BCUT2D eigenvalue weighted by Gasteiger charge is 2.24. The number of primary sulfonamides is 1. The Morgan fingerprint density at radius 1 is 1.47 bits per heavy atom. The maximum atomic E-state index is 11.0. The van der Waals surface area contributed by atoms with Crippen molar-refractivity contribution in [1.29, 1.82) is 0 Å². The van der Waals surface area contributed by atoms with Crippen LogP contribution in [0, 0.1) is 0 Å². The van der Waals surface area contributed by atoms with Crippen LogP contribution in [0.1, 0.15) is 12.8 Å². The summed E-state index contributed by atoms with van der Waals surface area (Å²) in [4.78, 5) is 3.67. The van der Waals surface area contributed by atoms with Crippen molar-refractivity contribution in [2.75, 3.05) is 5.73 Å². The first-order valence-electron chi connectivity index (χ1n) is 4.42. The summed E-state index contributed by atoms with van der Waals surface area (Å²) >= 11 is 0. The molecule has 1 aromatic heterocycles. The lowest BCUT2D eigenvalue weighted by molar-refractivity contribution is 0.302. The summed E-state index contributed by atoms with van der Waals surface area (Å²) in [6.45, 7) is 0. The van der Waals surface area contributed by atoms with Crippen LogP contribution in [0.5, 0.6) is 5.75 Å². The Balaban J connectivity index is 2.29. The van der Waals surface area contributed by atoms with Crippen molar-refractivity contribution < 1.29 is 13.2 Å². The van der Waals surface area contributed by atoms with E-state index in [1.807, 2.05) is 0 Å². The van der Waals surface area contributed by atoms with E-state index in [0.29, 0.717) is 5.75 Å². The minimum atomic E-state index is -3.85. The van der Waals surface area contributed by atoms with Gasteiger partial charge in [-0.3, -0.25) is 0 Å². The summed E-state index contributed by atoms with van der Waals surface area (Å²) in [5, 5.41) is 4.60. The molecular formula is C8H11N3O3S. The monoisotopic (exact) mass is 229 g/mol. The Morgan fingerprint density at radius 3 is 2.60 bits per heavy atom. The first kappa shape index (κ1) is 10.2. The first-order valence-corrected chi connectivity index (χ1v) is 5.96. The second-order valence-corrected chi connectivity index (χ2v) is 4.90. The summed E-state index contributed by atoms with van der Waals surface area (Å²) in [5.41, 5.74) is 5.51. The van der Waals surface area contributed by atoms with E-state index in [2.05, 4.69) is 4.98 Å². The number of nitrogen functional groups attached to an aromatic ring is 1. The maximum Gasteiger partial charge on any atom is 0.257 e. The average molecular weight is 229 g/mol. The molecule has 6 nitrogen and oxygen atoms in total. The van der Waals surface area contributed by atoms with Gasteiger partial charge in [-0.25, -0.2) is 18.5 Å². The number of aromatic nitrogens is 1. The zero-order valence-corrected chi connectivity index (χ0v) is 8.70. The van der Waals surface area contributed by atoms with E-state index in [1.165, 1.54) is 12.3 Å². The SMILES string of the molecule is Nc1cc(OC2CC2)cnc1S(N)(=O)=O. The first-order chi connectivity index (χ1) is 6.97. The van der Waals surface area contributed by atoms with Crippen LogP contribution in [0.3, 0.4) is 0 Å². The Hall–Kier alpha value is -1.34. The van der Waals surface area contributed by atoms with E-state index in [1.54, 1.807) is 0 Å². The maximum absolute atomic E-state index is 11.0. The molecule has 4 N–H and O–H groups in total. The Labute approximate surface area is 87.3 Å². The number of hydrogen-bond donors (Lipinski definition) is 2. The molecule has 0 radical (unpaired) electrons. The topological polar surface area (TPSA) is 108 Å². The van der Waals surface area contributed by atoms with Crippen molar-refractivity contribution in [2.24, 2.45) is 5.14 Å². The van der Waals surface area contributed by atoms with Gasteiger partial charge < -0.3 is 10.5 Å². The molecule has 15 heavy (non-hydrogen) atoms. The van der Waals surface area contributed by atoms with E-state index in [4.69, 9.17) is 15.6 Å². The third-order valence-electron chi connectivity index (χ3n) is 1.95. The smallest absolute Gasteiger partial charge is 0.257 e. The lowest BCUT2D eigenvalue weighted by Gasteiger charge is -2.06. The van der Waals surface area contributed by atoms with Crippen molar-refractivity contribution in [3.63, 3.8) is 0 Å². The molecule has 1 aromatic rings. The number of nitrogens with two attached hydrogens (primary N) is 2. The molecule has 1 aliphatic rings. The summed E-state index contributed by atoms with van der Waals surface area (Å²) in [5.74, 6) is 0.474. The van der Waals surface area contributed by atoms with Gasteiger partial charge in [0.05, 0.1) is 18.0 Å². The second-order valence-electron chi connectivity index (χ2n) is 3.43.